The number of rotatable bonds is 1. The number of fused-ring (bicyclic) bond motifs is 6. The third-order valence-corrected chi connectivity index (χ3v) is 5.60. The second-order valence-electron chi connectivity index (χ2n) is 7.02. The average molecular weight is 334 g/mol. The zero-order valence-electron chi connectivity index (χ0n) is 14.4. The van der Waals surface area contributed by atoms with Crippen molar-refractivity contribution in [2.45, 2.75) is 12.8 Å². The van der Waals surface area contributed by atoms with Crippen LogP contribution in [-0.4, -0.2) is 9.55 Å². The molecule has 2 heterocycles. The maximum atomic E-state index is 3.58. The Morgan fingerprint density at radius 1 is 0.769 bits per heavy atom. The normalized spacial score (nSPS) is 13.7. The van der Waals surface area contributed by atoms with E-state index in [9.17, 15) is 0 Å². The van der Waals surface area contributed by atoms with Crippen LogP contribution in [0.3, 0.4) is 0 Å². The summed E-state index contributed by atoms with van der Waals surface area (Å²) in [4.78, 5) is 3.58. The second-order valence-corrected chi connectivity index (χ2v) is 7.02. The molecular formula is C24H18N2. The Hall–Kier alpha value is -3.26. The minimum absolute atomic E-state index is 1.08. The summed E-state index contributed by atoms with van der Waals surface area (Å²) in [6.45, 7) is 0. The van der Waals surface area contributed by atoms with Gasteiger partial charge in [0.1, 0.15) is 0 Å². The number of nitrogens with zero attached hydrogens (tertiary/aromatic N) is 1. The van der Waals surface area contributed by atoms with E-state index in [1.165, 1.54) is 49.7 Å². The van der Waals surface area contributed by atoms with Crippen LogP contribution in [0.1, 0.15) is 17.7 Å². The van der Waals surface area contributed by atoms with Crippen molar-refractivity contribution in [2.75, 3.05) is 0 Å². The molecule has 0 aliphatic heterocycles. The monoisotopic (exact) mass is 334 g/mol. The maximum Gasteiger partial charge on any atom is 0.0559 e. The zero-order chi connectivity index (χ0) is 17.1. The van der Waals surface area contributed by atoms with Crippen LogP contribution in [0.15, 0.2) is 72.8 Å². The third kappa shape index (κ3) is 1.76. The predicted molar refractivity (Wildman–Crippen MR) is 110 cm³/mol. The molecule has 0 saturated heterocycles. The fourth-order valence-electron chi connectivity index (χ4n) is 4.52. The summed E-state index contributed by atoms with van der Waals surface area (Å²) in [5.41, 5.74) is 7.76. The van der Waals surface area contributed by atoms with Gasteiger partial charge in [-0.05, 0) is 37.1 Å². The van der Waals surface area contributed by atoms with E-state index in [0.717, 1.165) is 12.8 Å². The lowest BCUT2D eigenvalue weighted by atomic mass is 10.0. The maximum absolute atomic E-state index is 3.58. The third-order valence-electron chi connectivity index (χ3n) is 5.60. The number of nitrogens with one attached hydrogen (secondary N) is 1. The van der Waals surface area contributed by atoms with Crippen LogP contribution < -0.4 is 0 Å². The van der Waals surface area contributed by atoms with Crippen molar-refractivity contribution in [1.29, 1.82) is 0 Å². The summed E-state index contributed by atoms with van der Waals surface area (Å²) in [5, 5.41) is 3.94. The fraction of sp³-hybridized carbons (Fsp3) is 0.0833. The summed E-state index contributed by atoms with van der Waals surface area (Å²) >= 11 is 0. The molecule has 124 valence electrons. The van der Waals surface area contributed by atoms with Gasteiger partial charge < -0.3 is 9.55 Å². The molecule has 0 bridgehead atoms. The molecule has 1 aliphatic carbocycles. The van der Waals surface area contributed by atoms with Crippen LogP contribution >= 0.6 is 0 Å². The minimum Gasteiger partial charge on any atom is -0.354 e. The van der Waals surface area contributed by atoms with E-state index < -0.39 is 0 Å². The number of para-hydroxylation sites is 2. The first kappa shape index (κ1) is 14.0. The van der Waals surface area contributed by atoms with Crippen molar-refractivity contribution < 1.29 is 0 Å². The Labute approximate surface area is 151 Å². The smallest absolute Gasteiger partial charge is 0.0559 e. The molecule has 0 saturated carbocycles. The summed E-state index contributed by atoms with van der Waals surface area (Å²) in [6.07, 6.45) is 6.78. The molecule has 0 radical (unpaired) electrons. The van der Waals surface area contributed by atoms with Gasteiger partial charge in [-0.25, -0.2) is 0 Å². The number of aromatic nitrogens is 2. The van der Waals surface area contributed by atoms with Gasteiger partial charge >= 0.3 is 0 Å². The number of hydrogen-bond donors (Lipinski definition) is 1. The zero-order valence-corrected chi connectivity index (χ0v) is 14.4. The topological polar surface area (TPSA) is 20.7 Å². The molecule has 0 spiro atoms. The first-order valence-electron chi connectivity index (χ1n) is 9.20. The molecule has 0 atom stereocenters. The Balaban J connectivity index is 1.82. The first-order chi connectivity index (χ1) is 12.9. The summed E-state index contributed by atoms with van der Waals surface area (Å²) in [5.74, 6) is 0. The van der Waals surface area contributed by atoms with Gasteiger partial charge in [-0.15, -0.1) is 0 Å². The van der Waals surface area contributed by atoms with Crippen molar-refractivity contribution in [3.8, 4) is 5.69 Å². The van der Waals surface area contributed by atoms with Crippen LogP contribution in [0.5, 0.6) is 0 Å². The van der Waals surface area contributed by atoms with Gasteiger partial charge in [0, 0.05) is 38.4 Å². The summed E-state index contributed by atoms with van der Waals surface area (Å²) in [6, 6.07) is 24.0. The van der Waals surface area contributed by atoms with Gasteiger partial charge in [-0.2, -0.15) is 0 Å². The quantitative estimate of drug-likeness (QED) is 0.375. The molecule has 0 unspecified atom stereocenters. The van der Waals surface area contributed by atoms with Gasteiger partial charge in [0.05, 0.1) is 11.2 Å². The number of aromatic amines is 1. The van der Waals surface area contributed by atoms with Crippen LogP contribution in [-0.2, 0) is 6.42 Å². The van der Waals surface area contributed by atoms with Gasteiger partial charge in [-0.3, -0.25) is 0 Å². The molecule has 2 nitrogen and oxygen atoms in total. The molecule has 5 aromatic rings. The van der Waals surface area contributed by atoms with E-state index >= 15 is 0 Å². The Morgan fingerprint density at radius 3 is 2.54 bits per heavy atom. The standard InChI is InChI=1S/C24H18N2/c1-4-11-19-18(10-1)24-20(25-19)12-7-15-23(24)26-21-13-5-2-8-16(21)17-9-3-6-14-22(17)26/h1-5,7-13,15,25H,6,14H2. The summed E-state index contributed by atoms with van der Waals surface area (Å²) < 4.78 is 2.48. The Morgan fingerprint density at radius 2 is 1.58 bits per heavy atom. The molecule has 2 aromatic heterocycles. The highest BCUT2D eigenvalue weighted by Crippen LogP contribution is 2.37. The predicted octanol–water partition coefficient (Wildman–Crippen LogP) is 6.22. The molecule has 1 aliphatic rings. The minimum atomic E-state index is 1.08. The van der Waals surface area contributed by atoms with E-state index in [4.69, 9.17) is 0 Å². The van der Waals surface area contributed by atoms with Crippen molar-refractivity contribution >= 4 is 38.8 Å². The average Bonchev–Trinajstić information content (AvgIpc) is 3.24. The number of benzene rings is 3. The Bertz CT molecular complexity index is 1330. The van der Waals surface area contributed by atoms with E-state index in [2.05, 4.69) is 88.4 Å². The lowest BCUT2D eigenvalue weighted by molar-refractivity contribution is 0.892. The van der Waals surface area contributed by atoms with E-state index in [1.807, 2.05) is 0 Å². The van der Waals surface area contributed by atoms with Gasteiger partial charge in [-0.1, -0.05) is 54.6 Å². The van der Waals surface area contributed by atoms with E-state index in [1.54, 1.807) is 0 Å². The van der Waals surface area contributed by atoms with Crippen molar-refractivity contribution in [3.63, 3.8) is 0 Å². The van der Waals surface area contributed by atoms with Crippen molar-refractivity contribution in [2.24, 2.45) is 0 Å². The number of allylic oxidation sites excluding steroid dienone is 1. The molecule has 3 aromatic carbocycles. The molecular weight excluding hydrogens is 316 g/mol. The molecule has 6 rings (SSSR count). The van der Waals surface area contributed by atoms with E-state index in [-0.39, 0.29) is 0 Å². The summed E-state index contributed by atoms with van der Waals surface area (Å²) in [7, 11) is 0. The van der Waals surface area contributed by atoms with Crippen LogP contribution in [0.2, 0.25) is 0 Å². The highest BCUT2D eigenvalue weighted by Gasteiger charge is 2.20. The molecule has 0 fully saturated rings. The lowest BCUT2D eigenvalue weighted by Crippen LogP contribution is -2.03. The fourth-order valence-corrected chi connectivity index (χ4v) is 4.52. The molecule has 26 heavy (non-hydrogen) atoms. The molecule has 0 amide bonds. The first-order valence-corrected chi connectivity index (χ1v) is 9.20. The van der Waals surface area contributed by atoms with Crippen LogP contribution in [0.25, 0.3) is 44.5 Å². The molecule has 2 heteroatoms. The van der Waals surface area contributed by atoms with Crippen molar-refractivity contribution in [1.82, 2.24) is 9.55 Å². The highest BCUT2D eigenvalue weighted by molar-refractivity contribution is 6.12. The van der Waals surface area contributed by atoms with E-state index in [0.29, 0.717) is 0 Å². The van der Waals surface area contributed by atoms with Gasteiger partial charge in [0.25, 0.3) is 0 Å². The van der Waals surface area contributed by atoms with Crippen LogP contribution in [0, 0.1) is 0 Å². The highest BCUT2D eigenvalue weighted by atomic mass is 15.0. The Kier molecular flexibility index (Phi) is 2.75. The lowest BCUT2D eigenvalue weighted by Gasteiger charge is -2.14. The van der Waals surface area contributed by atoms with Gasteiger partial charge in [0.2, 0.25) is 0 Å². The largest absolute Gasteiger partial charge is 0.354 e. The number of hydrogen-bond acceptors (Lipinski definition) is 0. The van der Waals surface area contributed by atoms with Crippen molar-refractivity contribution in [3.05, 3.63) is 84.1 Å². The second kappa shape index (κ2) is 5.12. The van der Waals surface area contributed by atoms with Crippen LogP contribution in [0.4, 0.5) is 0 Å². The number of H-pyrrole nitrogens is 1. The van der Waals surface area contributed by atoms with Gasteiger partial charge in [0.15, 0.2) is 0 Å². The molecule has 1 N–H and O–H groups in total. The SMILES string of the molecule is C1=Cc2c(n(-c3cccc4[nH]c5ccccc5c34)c3ccccc23)CC1.